The number of carbonyl (C=O) groups excluding carboxylic acids is 3. The molecular weight excluding hydrogens is 374 g/mol. The van der Waals surface area contributed by atoms with Gasteiger partial charge in [0.15, 0.2) is 0 Å². The molecule has 3 heterocycles. The Kier molecular flexibility index (Phi) is 4.27. The molecule has 0 saturated carbocycles. The van der Waals surface area contributed by atoms with Crippen LogP contribution < -0.4 is 10.6 Å². The zero-order valence-electron chi connectivity index (χ0n) is 14.9. The van der Waals surface area contributed by atoms with E-state index in [0.29, 0.717) is 16.3 Å². The predicted octanol–water partition coefficient (Wildman–Crippen LogP) is -0.939. The van der Waals surface area contributed by atoms with Crippen LogP contribution in [0, 0.1) is 11.8 Å². The summed E-state index contributed by atoms with van der Waals surface area (Å²) in [5, 5.41) is 15.2. The van der Waals surface area contributed by atoms with Crippen molar-refractivity contribution >= 4 is 35.0 Å². The minimum absolute atomic E-state index is 0.119. The average molecular weight is 395 g/mol. The standard InChI is InChI=1S/C18H20ClN3O5/c1-8(23)14-12-13(16(25)22(15(12)24)5-6-27-2)18(21-14)10-7-9(19)3-4-11(10)20-17(18)26/h3-4,7-8,12-14,21,23H,5-6H2,1-2H3,(H,20,26)/p+1/t8-,12+,13+,14-,18+/m1/s1. The second-order valence-corrected chi connectivity index (χ2v) is 7.76. The third-order valence-corrected chi connectivity index (χ3v) is 6.17. The quantitative estimate of drug-likeness (QED) is 0.571. The van der Waals surface area contributed by atoms with Crippen LogP contribution in [0.1, 0.15) is 12.5 Å². The van der Waals surface area contributed by atoms with Crippen molar-refractivity contribution in [3.8, 4) is 0 Å². The van der Waals surface area contributed by atoms with Crippen molar-refractivity contribution in [2.45, 2.75) is 24.6 Å². The van der Waals surface area contributed by atoms with Gasteiger partial charge >= 0.3 is 0 Å². The first-order chi connectivity index (χ1) is 12.8. The number of amides is 3. The minimum atomic E-state index is -1.32. The van der Waals surface area contributed by atoms with Crippen LogP contribution in [0.25, 0.3) is 0 Å². The number of aliphatic hydroxyl groups is 1. The maximum absolute atomic E-state index is 13.2. The molecule has 3 aliphatic rings. The molecule has 2 saturated heterocycles. The fourth-order valence-electron chi connectivity index (χ4n) is 4.76. The van der Waals surface area contributed by atoms with Crippen LogP contribution in [0.5, 0.6) is 0 Å². The molecule has 4 rings (SSSR count). The Balaban J connectivity index is 1.86. The second-order valence-electron chi connectivity index (χ2n) is 7.32. The van der Waals surface area contributed by atoms with Crippen molar-refractivity contribution in [3.05, 3.63) is 28.8 Å². The fourth-order valence-corrected chi connectivity index (χ4v) is 4.93. The molecule has 1 aromatic rings. The van der Waals surface area contributed by atoms with Crippen molar-refractivity contribution in [1.29, 1.82) is 0 Å². The number of hydrogen-bond acceptors (Lipinski definition) is 5. The molecule has 27 heavy (non-hydrogen) atoms. The smallest absolute Gasteiger partial charge is 0.291 e. The molecule has 2 fully saturated rings. The van der Waals surface area contributed by atoms with Gasteiger partial charge in [-0.2, -0.15) is 0 Å². The molecule has 9 heteroatoms. The van der Waals surface area contributed by atoms with Crippen molar-refractivity contribution in [2.24, 2.45) is 11.8 Å². The normalized spacial score (nSPS) is 32.8. The highest BCUT2D eigenvalue weighted by molar-refractivity contribution is 6.31. The van der Waals surface area contributed by atoms with Gasteiger partial charge in [0.05, 0.1) is 18.8 Å². The molecule has 0 unspecified atom stereocenters. The highest BCUT2D eigenvalue weighted by atomic mass is 35.5. The van der Waals surface area contributed by atoms with Gasteiger partial charge in [0.1, 0.15) is 24.0 Å². The number of anilines is 1. The van der Waals surface area contributed by atoms with E-state index in [9.17, 15) is 19.5 Å². The molecule has 0 radical (unpaired) electrons. The van der Waals surface area contributed by atoms with Crippen molar-refractivity contribution < 1.29 is 29.5 Å². The number of aliphatic hydroxyl groups excluding tert-OH is 1. The first-order valence-corrected chi connectivity index (χ1v) is 9.20. The number of nitrogens with two attached hydrogens (primary N) is 1. The summed E-state index contributed by atoms with van der Waals surface area (Å²) >= 11 is 6.16. The molecule has 4 N–H and O–H groups in total. The van der Waals surface area contributed by atoms with Gasteiger partial charge in [0.2, 0.25) is 17.4 Å². The summed E-state index contributed by atoms with van der Waals surface area (Å²) in [6.07, 6.45) is -0.882. The molecular formula is C18H21ClN3O5+. The number of halogens is 1. The summed E-state index contributed by atoms with van der Waals surface area (Å²) in [5.74, 6) is -2.84. The topological polar surface area (TPSA) is 113 Å². The van der Waals surface area contributed by atoms with Gasteiger partial charge in [-0.1, -0.05) is 11.6 Å². The molecule has 0 bridgehead atoms. The Morgan fingerprint density at radius 3 is 2.78 bits per heavy atom. The third kappa shape index (κ3) is 2.37. The minimum Gasteiger partial charge on any atom is -0.387 e. The SMILES string of the molecule is COCCN1C(=O)[C@@H]2[C@@H]([C@@H](C)O)[NH2+][C@]3(C(=O)Nc4ccc(Cl)cc43)[C@@H]2C1=O. The number of fused-ring (bicyclic) bond motifs is 4. The molecule has 0 aliphatic carbocycles. The number of carbonyl (C=O) groups is 3. The zero-order chi connectivity index (χ0) is 19.5. The van der Waals surface area contributed by atoms with Crippen LogP contribution in [0.4, 0.5) is 5.69 Å². The largest absolute Gasteiger partial charge is 0.387 e. The van der Waals surface area contributed by atoms with E-state index in [1.165, 1.54) is 7.11 Å². The number of nitrogens with one attached hydrogen (secondary N) is 1. The van der Waals surface area contributed by atoms with Crippen LogP contribution >= 0.6 is 11.6 Å². The van der Waals surface area contributed by atoms with E-state index < -0.39 is 35.4 Å². The lowest BCUT2D eigenvalue weighted by Gasteiger charge is -2.27. The maximum atomic E-state index is 13.2. The van der Waals surface area contributed by atoms with Gasteiger partial charge < -0.3 is 20.5 Å². The van der Waals surface area contributed by atoms with E-state index in [4.69, 9.17) is 16.3 Å². The van der Waals surface area contributed by atoms with Crippen LogP contribution in [-0.4, -0.2) is 60.1 Å². The van der Waals surface area contributed by atoms with Gasteiger partial charge in [-0.3, -0.25) is 19.3 Å². The lowest BCUT2D eigenvalue weighted by molar-refractivity contribution is -0.738. The van der Waals surface area contributed by atoms with E-state index in [-0.39, 0.29) is 25.0 Å². The molecule has 144 valence electrons. The summed E-state index contributed by atoms with van der Waals surface area (Å²) in [7, 11) is 1.49. The molecule has 3 amide bonds. The van der Waals surface area contributed by atoms with Gasteiger partial charge in [0.25, 0.3) is 5.91 Å². The monoisotopic (exact) mass is 394 g/mol. The van der Waals surface area contributed by atoms with Gasteiger partial charge in [-0.25, -0.2) is 0 Å². The summed E-state index contributed by atoms with van der Waals surface area (Å²) < 4.78 is 5.01. The van der Waals surface area contributed by atoms with Crippen LogP contribution in [-0.2, 0) is 24.7 Å². The fraction of sp³-hybridized carbons (Fsp3) is 0.500. The zero-order valence-corrected chi connectivity index (χ0v) is 15.7. The Morgan fingerprint density at radius 1 is 1.37 bits per heavy atom. The number of methoxy groups -OCH3 is 1. The van der Waals surface area contributed by atoms with E-state index in [1.54, 1.807) is 30.4 Å². The highest BCUT2D eigenvalue weighted by Crippen LogP contribution is 2.49. The van der Waals surface area contributed by atoms with E-state index in [0.717, 1.165) is 4.90 Å². The van der Waals surface area contributed by atoms with Gasteiger partial charge in [-0.05, 0) is 25.1 Å². The highest BCUT2D eigenvalue weighted by Gasteiger charge is 2.74. The molecule has 1 aromatic carbocycles. The lowest BCUT2D eigenvalue weighted by Crippen LogP contribution is -3.00. The first kappa shape index (κ1) is 18.4. The number of ether oxygens (including phenoxy) is 1. The third-order valence-electron chi connectivity index (χ3n) is 5.93. The summed E-state index contributed by atoms with van der Waals surface area (Å²) in [6, 6.07) is 4.38. The Hall–Kier alpha value is -2.00. The molecule has 1 spiro atoms. The molecule has 0 aromatic heterocycles. The van der Waals surface area contributed by atoms with E-state index in [2.05, 4.69) is 5.32 Å². The number of hydrogen-bond donors (Lipinski definition) is 3. The van der Waals surface area contributed by atoms with E-state index in [1.807, 2.05) is 0 Å². The Labute approximate surface area is 160 Å². The molecule has 8 nitrogen and oxygen atoms in total. The Morgan fingerprint density at radius 2 is 2.11 bits per heavy atom. The van der Waals surface area contributed by atoms with Crippen molar-refractivity contribution in [2.75, 3.05) is 25.6 Å². The second kappa shape index (κ2) is 6.27. The lowest BCUT2D eigenvalue weighted by atomic mass is 9.76. The number of rotatable bonds is 4. The van der Waals surface area contributed by atoms with Crippen LogP contribution in [0.2, 0.25) is 5.02 Å². The number of benzene rings is 1. The van der Waals surface area contributed by atoms with Crippen molar-refractivity contribution in [1.82, 2.24) is 4.90 Å². The first-order valence-electron chi connectivity index (χ1n) is 8.82. The number of likely N-dealkylation sites (tertiary alicyclic amines) is 1. The van der Waals surface area contributed by atoms with Crippen molar-refractivity contribution in [3.63, 3.8) is 0 Å². The Bertz CT molecular complexity index is 844. The van der Waals surface area contributed by atoms with Crippen LogP contribution in [0.3, 0.4) is 0 Å². The molecule has 3 aliphatic heterocycles. The predicted molar refractivity (Wildman–Crippen MR) is 94.7 cm³/mol. The number of quaternary nitrogens is 1. The van der Waals surface area contributed by atoms with E-state index >= 15 is 0 Å². The number of imide groups is 1. The summed E-state index contributed by atoms with van der Waals surface area (Å²) in [6.45, 7) is 1.90. The summed E-state index contributed by atoms with van der Waals surface area (Å²) in [4.78, 5) is 40.4. The number of nitrogens with zero attached hydrogens (tertiary/aromatic N) is 1. The average Bonchev–Trinajstić information content (AvgIpc) is 3.20. The molecule has 5 atom stereocenters. The van der Waals surface area contributed by atoms with Crippen LogP contribution in [0.15, 0.2) is 18.2 Å². The maximum Gasteiger partial charge on any atom is 0.291 e. The summed E-state index contributed by atoms with van der Waals surface area (Å²) in [5.41, 5.74) is -0.171. The van der Waals surface area contributed by atoms with Gasteiger partial charge in [0, 0.05) is 17.7 Å². The van der Waals surface area contributed by atoms with Gasteiger partial charge in [-0.15, -0.1) is 0 Å².